The molecule has 6 heteroatoms. The lowest BCUT2D eigenvalue weighted by molar-refractivity contribution is 0.0948. The van der Waals surface area contributed by atoms with Crippen LogP contribution in [0.25, 0.3) is 0 Å². The van der Waals surface area contributed by atoms with Gasteiger partial charge in [-0.3, -0.25) is 4.79 Å². The maximum Gasteiger partial charge on any atom is 0.271 e. The number of rotatable bonds is 6. The van der Waals surface area contributed by atoms with Crippen molar-refractivity contribution in [3.05, 3.63) is 83.6 Å². The van der Waals surface area contributed by atoms with Crippen LogP contribution in [0.15, 0.2) is 60.9 Å². The molecule has 26 heavy (non-hydrogen) atoms. The Labute approximate surface area is 151 Å². The molecule has 0 aliphatic carbocycles. The molecule has 0 bridgehead atoms. The summed E-state index contributed by atoms with van der Waals surface area (Å²) in [6, 6.07) is 14.4. The first-order valence-electron chi connectivity index (χ1n) is 8.29. The molecular weight excluding hydrogens is 331 g/mol. The summed E-state index contributed by atoms with van der Waals surface area (Å²) in [6.45, 7) is 2.34. The number of nitrogens with zero attached hydrogens (tertiary/aromatic N) is 2. The molecule has 0 saturated heterocycles. The number of nitrogens with one attached hydrogen (secondary N) is 2. The normalized spacial score (nSPS) is 10.4. The zero-order valence-corrected chi connectivity index (χ0v) is 14.4. The Morgan fingerprint density at radius 3 is 2.50 bits per heavy atom. The lowest BCUT2D eigenvalue weighted by Gasteiger charge is -2.07. The van der Waals surface area contributed by atoms with Crippen molar-refractivity contribution in [2.75, 3.05) is 11.9 Å². The molecule has 0 fully saturated rings. The van der Waals surface area contributed by atoms with E-state index in [4.69, 9.17) is 0 Å². The van der Waals surface area contributed by atoms with Gasteiger partial charge in [-0.2, -0.15) is 0 Å². The Morgan fingerprint density at radius 2 is 1.81 bits per heavy atom. The number of hydrogen-bond acceptors (Lipinski definition) is 4. The van der Waals surface area contributed by atoms with E-state index in [1.165, 1.54) is 24.0 Å². The Hall–Kier alpha value is -3.28. The lowest BCUT2D eigenvalue weighted by Crippen LogP contribution is -2.26. The number of amides is 1. The highest BCUT2D eigenvalue weighted by molar-refractivity contribution is 5.92. The monoisotopic (exact) mass is 350 g/mol. The van der Waals surface area contributed by atoms with Gasteiger partial charge in [-0.1, -0.05) is 35.9 Å². The Bertz CT molecular complexity index is 879. The van der Waals surface area contributed by atoms with Crippen molar-refractivity contribution < 1.29 is 9.18 Å². The van der Waals surface area contributed by atoms with Crippen molar-refractivity contribution in [3.63, 3.8) is 0 Å². The average Bonchev–Trinajstić information content (AvgIpc) is 2.66. The van der Waals surface area contributed by atoms with Crippen molar-refractivity contribution in [1.82, 2.24) is 15.3 Å². The van der Waals surface area contributed by atoms with Crippen LogP contribution < -0.4 is 10.6 Å². The zero-order valence-electron chi connectivity index (χ0n) is 14.4. The molecule has 0 aliphatic heterocycles. The second-order valence-electron chi connectivity index (χ2n) is 5.88. The minimum atomic E-state index is -0.337. The van der Waals surface area contributed by atoms with Gasteiger partial charge in [0.15, 0.2) is 0 Å². The standard InChI is InChI=1S/C20H19FN4O/c1-14-6-8-16(9-7-14)25-19-13-23-18(12-24-19)20(26)22-11-10-15-4-2-3-5-17(15)21/h2-9,12-13H,10-11H2,1H3,(H,22,26)(H,24,25). The molecule has 0 unspecified atom stereocenters. The topological polar surface area (TPSA) is 66.9 Å². The van der Waals surface area contributed by atoms with Crippen molar-refractivity contribution in [2.45, 2.75) is 13.3 Å². The Kier molecular flexibility index (Phi) is 5.53. The van der Waals surface area contributed by atoms with E-state index in [2.05, 4.69) is 20.6 Å². The fourth-order valence-electron chi connectivity index (χ4n) is 2.40. The maximum absolute atomic E-state index is 13.5. The number of benzene rings is 2. The van der Waals surface area contributed by atoms with Crippen LogP contribution in [-0.2, 0) is 6.42 Å². The summed E-state index contributed by atoms with van der Waals surface area (Å²) in [5, 5.41) is 5.84. The molecule has 2 N–H and O–H groups in total. The average molecular weight is 350 g/mol. The minimum absolute atomic E-state index is 0.216. The molecule has 1 heterocycles. The fourth-order valence-corrected chi connectivity index (χ4v) is 2.40. The van der Waals surface area contributed by atoms with E-state index >= 15 is 0 Å². The predicted octanol–water partition coefficient (Wildman–Crippen LogP) is 3.64. The molecule has 3 rings (SSSR count). The quantitative estimate of drug-likeness (QED) is 0.712. The van der Waals surface area contributed by atoms with E-state index in [0.29, 0.717) is 24.3 Å². The van der Waals surface area contributed by atoms with Gasteiger partial charge < -0.3 is 10.6 Å². The molecule has 0 atom stereocenters. The largest absolute Gasteiger partial charge is 0.350 e. The summed E-state index contributed by atoms with van der Waals surface area (Å²) in [4.78, 5) is 20.4. The van der Waals surface area contributed by atoms with Gasteiger partial charge >= 0.3 is 0 Å². The lowest BCUT2D eigenvalue weighted by atomic mass is 10.1. The van der Waals surface area contributed by atoms with Gasteiger partial charge in [-0.15, -0.1) is 0 Å². The number of halogens is 1. The first-order valence-corrected chi connectivity index (χ1v) is 8.29. The zero-order chi connectivity index (χ0) is 18.4. The first kappa shape index (κ1) is 17.5. The van der Waals surface area contributed by atoms with Crippen molar-refractivity contribution >= 4 is 17.4 Å². The molecule has 1 amide bonds. The first-order chi connectivity index (χ1) is 12.6. The highest BCUT2D eigenvalue weighted by atomic mass is 19.1. The van der Waals surface area contributed by atoms with E-state index in [1.807, 2.05) is 31.2 Å². The summed E-state index contributed by atoms with van der Waals surface area (Å²) < 4.78 is 13.5. The third-order valence-electron chi connectivity index (χ3n) is 3.85. The number of aryl methyl sites for hydroxylation is 1. The second kappa shape index (κ2) is 8.20. The van der Waals surface area contributed by atoms with Gasteiger partial charge in [-0.25, -0.2) is 14.4 Å². The molecule has 5 nitrogen and oxygen atoms in total. The van der Waals surface area contributed by atoms with E-state index in [0.717, 1.165) is 5.69 Å². The number of aromatic nitrogens is 2. The molecule has 0 saturated carbocycles. The van der Waals surface area contributed by atoms with Crippen LogP contribution in [-0.4, -0.2) is 22.4 Å². The van der Waals surface area contributed by atoms with E-state index in [1.54, 1.807) is 18.2 Å². The molecule has 0 aliphatic rings. The molecular formula is C20H19FN4O. The predicted molar refractivity (Wildman–Crippen MR) is 98.9 cm³/mol. The van der Waals surface area contributed by atoms with Crippen molar-refractivity contribution in [2.24, 2.45) is 0 Å². The highest BCUT2D eigenvalue weighted by Crippen LogP contribution is 2.14. The summed E-state index contributed by atoms with van der Waals surface area (Å²) in [5.74, 6) is -0.0550. The van der Waals surface area contributed by atoms with Gasteiger partial charge in [0.2, 0.25) is 0 Å². The summed E-state index contributed by atoms with van der Waals surface area (Å²) in [7, 11) is 0. The van der Waals surface area contributed by atoms with E-state index in [9.17, 15) is 9.18 Å². The molecule has 3 aromatic rings. The minimum Gasteiger partial charge on any atom is -0.350 e. The van der Waals surface area contributed by atoms with Crippen LogP contribution >= 0.6 is 0 Å². The maximum atomic E-state index is 13.5. The van der Waals surface area contributed by atoms with Gasteiger partial charge in [0.1, 0.15) is 17.3 Å². The molecule has 0 spiro atoms. The van der Waals surface area contributed by atoms with E-state index < -0.39 is 0 Å². The number of anilines is 2. The number of carbonyl (C=O) groups is 1. The Morgan fingerprint density at radius 1 is 1.04 bits per heavy atom. The van der Waals surface area contributed by atoms with Crippen LogP contribution in [0.1, 0.15) is 21.6 Å². The van der Waals surface area contributed by atoms with Gasteiger partial charge in [0.05, 0.1) is 12.4 Å². The van der Waals surface area contributed by atoms with Gasteiger partial charge in [0.25, 0.3) is 5.91 Å². The van der Waals surface area contributed by atoms with E-state index in [-0.39, 0.29) is 17.4 Å². The van der Waals surface area contributed by atoms with Crippen LogP contribution in [0, 0.1) is 12.7 Å². The van der Waals surface area contributed by atoms with Crippen LogP contribution in [0.2, 0.25) is 0 Å². The summed E-state index contributed by atoms with van der Waals surface area (Å²) in [5.41, 5.74) is 2.85. The molecule has 132 valence electrons. The molecule has 2 aromatic carbocycles. The van der Waals surface area contributed by atoms with Gasteiger partial charge in [0, 0.05) is 12.2 Å². The van der Waals surface area contributed by atoms with Crippen molar-refractivity contribution in [1.29, 1.82) is 0 Å². The van der Waals surface area contributed by atoms with Gasteiger partial charge in [-0.05, 0) is 37.1 Å². The number of carbonyl (C=O) groups excluding carboxylic acids is 1. The summed E-state index contributed by atoms with van der Waals surface area (Å²) >= 11 is 0. The van der Waals surface area contributed by atoms with Crippen LogP contribution in [0.5, 0.6) is 0 Å². The number of hydrogen-bond donors (Lipinski definition) is 2. The van der Waals surface area contributed by atoms with Crippen molar-refractivity contribution in [3.8, 4) is 0 Å². The fraction of sp³-hybridized carbons (Fsp3) is 0.150. The smallest absolute Gasteiger partial charge is 0.271 e. The van der Waals surface area contributed by atoms with Crippen LogP contribution in [0.4, 0.5) is 15.9 Å². The SMILES string of the molecule is Cc1ccc(Nc2cnc(C(=O)NCCc3ccccc3F)cn2)cc1. The highest BCUT2D eigenvalue weighted by Gasteiger charge is 2.08. The summed E-state index contributed by atoms with van der Waals surface area (Å²) in [6.07, 6.45) is 3.33. The Balaban J connectivity index is 1.53. The third-order valence-corrected chi connectivity index (χ3v) is 3.85. The molecule has 1 aromatic heterocycles. The molecule has 0 radical (unpaired) electrons. The second-order valence-corrected chi connectivity index (χ2v) is 5.88. The van der Waals surface area contributed by atoms with Crippen LogP contribution in [0.3, 0.4) is 0 Å². The third kappa shape index (κ3) is 4.63.